The number of rotatable bonds is 3. The van der Waals surface area contributed by atoms with Gasteiger partial charge in [0.15, 0.2) is 5.78 Å². The Morgan fingerprint density at radius 3 is 2.32 bits per heavy atom. The Labute approximate surface area is 118 Å². The van der Waals surface area contributed by atoms with Gasteiger partial charge in [-0.1, -0.05) is 0 Å². The fourth-order valence-electron chi connectivity index (χ4n) is 1.63. The van der Waals surface area contributed by atoms with Crippen molar-refractivity contribution in [3.8, 4) is 17.2 Å². The molecule has 5 heteroatoms. The van der Waals surface area contributed by atoms with Gasteiger partial charge in [-0.3, -0.25) is 4.79 Å². The highest BCUT2D eigenvalue weighted by Crippen LogP contribution is 2.32. The molecule has 2 aromatic carbocycles. The van der Waals surface area contributed by atoms with Crippen LogP contribution in [0.25, 0.3) is 0 Å². The molecule has 0 saturated heterocycles. The zero-order valence-corrected chi connectivity index (χ0v) is 11.6. The highest BCUT2D eigenvalue weighted by atomic mass is 79.9. The predicted molar refractivity (Wildman–Crippen MR) is 73.9 cm³/mol. The van der Waals surface area contributed by atoms with E-state index < -0.39 is 0 Å². The number of halogens is 1. The van der Waals surface area contributed by atoms with Crippen molar-refractivity contribution in [2.75, 3.05) is 7.11 Å². The Hall–Kier alpha value is -2.01. The van der Waals surface area contributed by atoms with Crippen molar-refractivity contribution in [2.45, 2.75) is 0 Å². The van der Waals surface area contributed by atoms with Crippen LogP contribution >= 0.6 is 15.9 Å². The van der Waals surface area contributed by atoms with Crippen molar-refractivity contribution >= 4 is 21.7 Å². The van der Waals surface area contributed by atoms with E-state index in [1.54, 1.807) is 31.4 Å². The molecule has 0 bridgehead atoms. The van der Waals surface area contributed by atoms with Gasteiger partial charge >= 0.3 is 0 Å². The second kappa shape index (κ2) is 5.32. The second-order valence-corrected chi connectivity index (χ2v) is 4.73. The second-order valence-electron chi connectivity index (χ2n) is 3.88. The largest absolute Gasteiger partial charge is 0.507 e. The van der Waals surface area contributed by atoms with E-state index in [1.165, 1.54) is 6.07 Å². The van der Waals surface area contributed by atoms with E-state index in [1.807, 2.05) is 0 Å². The minimum atomic E-state index is -0.333. The van der Waals surface area contributed by atoms with Crippen LogP contribution in [0.15, 0.2) is 40.9 Å². The van der Waals surface area contributed by atoms with Gasteiger partial charge in [0.25, 0.3) is 0 Å². The number of phenolic OH excluding ortho intramolecular Hbond substituents is 2. The van der Waals surface area contributed by atoms with Gasteiger partial charge in [-0.25, -0.2) is 0 Å². The maximum absolute atomic E-state index is 12.2. The molecule has 98 valence electrons. The van der Waals surface area contributed by atoms with Gasteiger partial charge < -0.3 is 14.9 Å². The molecular formula is C14H11BrO4. The summed E-state index contributed by atoms with van der Waals surface area (Å²) >= 11 is 3.11. The number of carbonyl (C=O) groups excluding carboxylic acids is 1. The first-order valence-electron chi connectivity index (χ1n) is 5.43. The monoisotopic (exact) mass is 322 g/mol. The van der Waals surface area contributed by atoms with Crippen LogP contribution in [0.4, 0.5) is 0 Å². The van der Waals surface area contributed by atoms with E-state index >= 15 is 0 Å². The molecule has 0 aliphatic carbocycles. The molecule has 19 heavy (non-hydrogen) atoms. The van der Waals surface area contributed by atoms with E-state index in [9.17, 15) is 15.0 Å². The van der Waals surface area contributed by atoms with E-state index in [2.05, 4.69) is 15.9 Å². The molecule has 0 saturated carbocycles. The molecule has 0 fully saturated rings. The molecule has 0 heterocycles. The quantitative estimate of drug-likeness (QED) is 0.852. The maximum atomic E-state index is 12.2. The number of phenols is 2. The number of hydrogen-bond donors (Lipinski definition) is 2. The zero-order chi connectivity index (χ0) is 14.0. The van der Waals surface area contributed by atoms with E-state index in [0.717, 1.165) is 6.07 Å². The summed E-state index contributed by atoms with van der Waals surface area (Å²) in [4.78, 5) is 12.2. The van der Waals surface area contributed by atoms with Crippen molar-refractivity contribution in [2.24, 2.45) is 0 Å². The summed E-state index contributed by atoms with van der Waals surface area (Å²) in [5.41, 5.74) is 0.545. The summed E-state index contributed by atoms with van der Waals surface area (Å²) in [5, 5.41) is 19.1. The van der Waals surface area contributed by atoms with Crippen molar-refractivity contribution in [3.63, 3.8) is 0 Å². The fraction of sp³-hybridized carbons (Fsp3) is 0.0714. The lowest BCUT2D eigenvalue weighted by atomic mass is 10.0. The Balaban J connectivity index is 2.40. The predicted octanol–water partition coefficient (Wildman–Crippen LogP) is 3.10. The van der Waals surface area contributed by atoms with Crippen LogP contribution in [0.1, 0.15) is 15.9 Å². The summed E-state index contributed by atoms with van der Waals surface area (Å²) < 4.78 is 5.36. The molecule has 0 atom stereocenters. The first-order chi connectivity index (χ1) is 9.02. The fourth-order valence-corrected chi connectivity index (χ4v) is 1.97. The Kier molecular flexibility index (Phi) is 3.76. The van der Waals surface area contributed by atoms with Crippen molar-refractivity contribution in [1.82, 2.24) is 0 Å². The van der Waals surface area contributed by atoms with Crippen LogP contribution in [0.2, 0.25) is 0 Å². The molecule has 2 N–H and O–H groups in total. The normalized spacial score (nSPS) is 10.2. The third kappa shape index (κ3) is 2.71. The van der Waals surface area contributed by atoms with Crippen LogP contribution in [0.3, 0.4) is 0 Å². The number of carbonyl (C=O) groups is 1. The summed E-state index contributed by atoms with van der Waals surface area (Å²) in [5.74, 6) is -0.0705. The van der Waals surface area contributed by atoms with Gasteiger partial charge in [-0.05, 0) is 46.3 Å². The van der Waals surface area contributed by atoms with Crippen molar-refractivity contribution < 1.29 is 19.7 Å². The molecule has 0 aromatic heterocycles. The first-order valence-corrected chi connectivity index (χ1v) is 6.22. The number of methoxy groups -OCH3 is 1. The third-order valence-corrected chi connectivity index (χ3v) is 3.30. The highest BCUT2D eigenvalue weighted by Gasteiger charge is 2.16. The van der Waals surface area contributed by atoms with Gasteiger partial charge in [0, 0.05) is 11.6 Å². The Bertz CT molecular complexity index is 620. The van der Waals surface area contributed by atoms with Crippen LogP contribution < -0.4 is 4.74 Å². The minimum absolute atomic E-state index is 0.120. The molecule has 0 radical (unpaired) electrons. The van der Waals surface area contributed by atoms with Crippen LogP contribution in [-0.4, -0.2) is 23.1 Å². The van der Waals surface area contributed by atoms with E-state index in [-0.39, 0.29) is 22.8 Å². The standard InChI is InChI=1S/C14H11BrO4/c1-19-9-4-2-8(3-5-9)14(18)10-6-11(15)13(17)7-12(10)16/h2-7,16-17H,1H3. The molecule has 4 nitrogen and oxygen atoms in total. The van der Waals surface area contributed by atoms with Crippen LogP contribution in [-0.2, 0) is 0 Å². The van der Waals surface area contributed by atoms with Gasteiger partial charge in [0.1, 0.15) is 17.2 Å². The van der Waals surface area contributed by atoms with Crippen molar-refractivity contribution in [3.05, 3.63) is 52.0 Å². The summed E-state index contributed by atoms with van der Waals surface area (Å²) in [6.45, 7) is 0. The molecule has 0 unspecified atom stereocenters. The lowest BCUT2D eigenvalue weighted by Gasteiger charge is -2.07. The molecule has 0 amide bonds. The lowest BCUT2D eigenvalue weighted by molar-refractivity contribution is 0.103. The number of ether oxygens (including phenoxy) is 1. The highest BCUT2D eigenvalue weighted by molar-refractivity contribution is 9.10. The molecule has 0 spiro atoms. The Morgan fingerprint density at radius 2 is 1.74 bits per heavy atom. The average molecular weight is 323 g/mol. The van der Waals surface area contributed by atoms with E-state index in [0.29, 0.717) is 15.8 Å². The lowest BCUT2D eigenvalue weighted by Crippen LogP contribution is -2.01. The molecule has 0 aliphatic rings. The average Bonchev–Trinajstić information content (AvgIpc) is 2.42. The minimum Gasteiger partial charge on any atom is -0.507 e. The third-order valence-electron chi connectivity index (χ3n) is 2.66. The number of benzene rings is 2. The van der Waals surface area contributed by atoms with Gasteiger partial charge in [-0.2, -0.15) is 0 Å². The number of aromatic hydroxyl groups is 2. The Morgan fingerprint density at radius 1 is 1.11 bits per heavy atom. The maximum Gasteiger partial charge on any atom is 0.196 e. The van der Waals surface area contributed by atoms with E-state index in [4.69, 9.17) is 4.74 Å². The molecular weight excluding hydrogens is 312 g/mol. The summed E-state index contributed by atoms with van der Waals surface area (Å²) in [7, 11) is 1.54. The number of hydrogen-bond acceptors (Lipinski definition) is 4. The molecule has 0 aliphatic heterocycles. The van der Waals surface area contributed by atoms with Crippen LogP contribution in [0, 0.1) is 0 Å². The van der Waals surface area contributed by atoms with Gasteiger partial charge in [0.05, 0.1) is 17.1 Å². The number of ketones is 1. The topological polar surface area (TPSA) is 66.8 Å². The first kappa shape index (κ1) is 13.4. The SMILES string of the molecule is COc1ccc(C(=O)c2cc(Br)c(O)cc2O)cc1. The van der Waals surface area contributed by atoms with Crippen LogP contribution in [0.5, 0.6) is 17.2 Å². The van der Waals surface area contributed by atoms with Gasteiger partial charge in [-0.15, -0.1) is 0 Å². The van der Waals surface area contributed by atoms with Crippen molar-refractivity contribution in [1.29, 1.82) is 0 Å². The van der Waals surface area contributed by atoms with Gasteiger partial charge in [0.2, 0.25) is 0 Å². The zero-order valence-electron chi connectivity index (χ0n) is 10.1. The summed E-state index contributed by atoms with van der Waals surface area (Å²) in [6.07, 6.45) is 0. The summed E-state index contributed by atoms with van der Waals surface area (Å²) in [6, 6.07) is 9.07. The smallest absolute Gasteiger partial charge is 0.196 e. The molecule has 2 aromatic rings. The molecule has 2 rings (SSSR count).